The second kappa shape index (κ2) is 8.27. The van der Waals surface area contributed by atoms with Crippen LogP contribution in [-0.4, -0.2) is 31.8 Å². The minimum atomic E-state index is -0.531. The molecule has 0 saturated heterocycles. The Balaban J connectivity index is 1.77. The van der Waals surface area contributed by atoms with Crippen LogP contribution in [0.15, 0.2) is 52.1 Å². The Kier molecular flexibility index (Phi) is 5.51. The van der Waals surface area contributed by atoms with Crippen molar-refractivity contribution in [3.8, 4) is 5.75 Å². The average Bonchev–Trinajstić information content (AvgIpc) is 3.07. The largest absolute Gasteiger partial charge is 0.497 e. The lowest BCUT2D eigenvalue weighted by molar-refractivity contribution is -0.117. The van der Waals surface area contributed by atoms with Crippen molar-refractivity contribution in [3.63, 3.8) is 0 Å². The van der Waals surface area contributed by atoms with E-state index < -0.39 is 11.6 Å². The number of hydrogen-bond acceptors (Lipinski definition) is 5. The van der Waals surface area contributed by atoms with E-state index in [1.807, 2.05) is 6.92 Å². The van der Waals surface area contributed by atoms with Crippen LogP contribution in [0.25, 0.3) is 16.7 Å². The zero-order valence-corrected chi connectivity index (χ0v) is 17.7. The number of rotatable bonds is 6. The third-order valence-electron chi connectivity index (χ3n) is 4.85. The van der Waals surface area contributed by atoms with E-state index in [0.717, 1.165) is 4.68 Å². The number of fused-ring (bicyclic) bond motifs is 3. The van der Waals surface area contributed by atoms with Gasteiger partial charge in [-0.05, 0) is 48.9 Å². The number of nitrogens with one attached hydrogen (secondary N) is 1. The molecule has 1 N–H and O–H groups in total. The van der Waals surface area contributed by atoms with Gasteiger partial charge in [0.25, 0.3) is 5.56 Å². The van der Waals surface area contributed by atoms with E-state index in [1.165, 1.54) is 8.97 Å². The van der Waals surface area contributed by atoms with Crippen LogP contribution in [0.1, 0.15) is 13.3 Å². The summed E-state index contributed by atoms with van der Waals surface area (Å²) in [5, 5.41) is 7.75. The lowest BCUT2D eigenvalue weighted by atomic mass is 10.2. The van der Waals surface area contributed by atoms with Crippen LogP contribution in [0.2, 0.25) is 5.02 Å². The number of carbonyl (C=O) groups excluding carboxylic acids is 1. The molecular weight excluding hydrogens is 422 g/mol. The predicted molar refractivity (Wildman–Crippen MR) is 118 cm³/mol. The van der Waals surface area contributed by atoms with Crippen LogP contribution in [-0.2, 0) is 17.9 Å². The maximum absolute atomic E-state index is 13.1. The molecule has 0 spiro atoms. The van der Waals surface area contributed by atoms with E-state index in [2.05, 4.69) is 10.4 Å². The Morgan fingerprint density at radius 3 is 2.58 bits per heavy atom. The predicted octanol–water partition coefficient (Wildman–Crippen LogP) is 2.52. The van der Waals surface area contributed by atoms with Gasteiger partial charge in [-0.15, -0.1) is 5.10 Å². The molecule has 4 rings (SSSR count). The van der Waals surface area contributed by atoms with E-state index in [4.69, 9.17) is 16.3 Å². The molecule has 4 aromatic rings. The Morgan fingerprint density at radius 2 is 1.90 bits per heavy atom. The number of benzene rings is 2. The first kappa shape index (κ1) is 20.7. The molecule has 0 atom stereocenters. The molecule has 0 aliphatic carbocycles. The quantitative estimate of drug-likeness (QED) is 0.495. The van der Waals surface area contributed by atoms with Crippen LogP contribution in [0.4, 0.5) is 5.69 Å². The van der Waals surface area contributed by atoms with Crippen molar-refractivity contribution in [2.24, 2.45) is 0 Å². The fourth-order valence-electron chi connectivity index (χ4n) is 3.43. The number of carbonyl (C=O) groups is 1. The summed E-state index contributed by atoms with van der Waals surface area (Å²) >= 11 is 6.10. The highest BCUT2D eigenvalue weighted by Gasteiger charge is 2.18. The molecule has 0 radical (unpaired) electrons. The molecular formula is C21H20ClN5O4. The number of hydrogen-bond donors (Lipinski definition) is 1. The van der Waals surface area contributed by atoms with Gasteiger partial charge in [-0.1, -0.05) is 18.5 Å². The van der Waals surface area contributed by atoms with E-state index >= 15 is 0 Å². The summed E-state index contributed by atoms with van der Waals surface area (Å²) in [6.45, 7) is 2.00. The lowest BCUT2D eigenvalue weighted by Crippen LogP contribution is -2.29. The van der Waals surface area contributed by atoms with Gasteiger partial charge < -0.3 is 10.1 Å². The van der Waals surface area contributed by atoms with Crippen LogP contribution in [0.5, 0.6) is 5.75 Å². The molecule has 0 bridgehead atoms. The number of ether oxygens (including phenoxy) is 1. The normalized spacial score (nSPS) is 11.2. The number of methoxy groups -OCH3 is 1. The van der Waals surface area contributed by atoms with Crippen molar-refractivity contribution < 1.29 is 9.53 Å². The summed E-state index contributed by atoms with van der Waals surface area (Å²) < 4.78 is 8.90. The molecule has 9 nitrogen and oxygen atoms in total. The highest BCUT2D eigenvalue weighted by molar-refractivity contribution is 6.31. The van der Waals surface area contributed by atoms with Gasteiger partial charge in [0, 0.05) is 17.3 Å². The Morgan fingerprint density at radius 1 is 1.16 bits per heavy atom. The molecule has 10 heteroatoms. The fourth-order valence-corrected chi connectivity index (χ4v) is 3.59. The minimum absolute atomic E-state index is 0.170. The molecule has 0 saturated carbocycles. The molecule has 1 amide bonds. The SMILES string of the molecule is CCCn1c(=O)c2ccc(Cl)cc2n2c(=O)n(CC(=O)Nc3ccc(OC)cc3)nc12. The van der Waals surface area contributed by atoms with E-state index in [1.54, 1.807) is 49.6 Å². The molecule has 31 heavy (non-hydrogen) atoms. The number of nitrogens with zero attached hydrogens (tertiary/aromatic N) is 4. The van der Waals surface area contributed by atoms with Crippen molar-refractivity contribution in [2.75, 3.05) is 12.4 Å². The summed E-state index contributed by atoms with van der Waals surface area (Å²) in [4.78, 5) is 38.6. The number of aromatic nitrogens is 4. The standard InChI is InChI=1S/C21H20ClN5O4/c1-3-10-25-19(29)16-9-4-13(22)11-17(16)27-20(25)24-26(21(27)30)12-18(28)23-14-5-7-15(31-2)8-6-14/h4-9,11H,3,10,12H2,1-2H3,(H,23,28). The summed E-state index contributed by atoms with van der Waals surface area (Å²) in [5.41, 5.74) is 0.118. The maximum Gasteiger partial charge on any atom is 0.352 e. The zero-order valence-electron chi connectivity index (χ0n) is 17.0. The fraction of sp³-hybridized carbons (Fsp3) is 0.238. The smallest absolute Gasteiger partial charge is 0.352 e. The maximum atomic E-state index is 13.1. The van der Waals surface area contributed by atoms with Crippen LogP contribution in [0, 0.1) is 0 Å². The Bertz CT molecular complexity index is 1400. The van der Waals surface area contributed by atoms with Gasteiger partial charge in [0.1, 0.15) is 12.3 Å². The highest BCUT2D eigenvalue weighted by Crippen LogP contribution is 2.18. The molecule has 0 fully saturated rings. The summed E-state index contributed by atoms with van der Waals surface area (Å²) in [5.74, 6) is 0.403. The van der Waals surface area contributed by atoms with E-state index in [9.17, 15) is 14.4 Å². The van der Waals surface area contributed by atoms with Crippen molar-refractivity contribution >= 4 is 39.9 Å². The topological polar surface area (TPSA) is 99.6 Å². The number of aryl methyl sites for hydroxylation is 1. The average molecular weight is 442 g/mol. The summed E-state index contributed by atoms with van der Waals surface area (Å²) in [6, 6.07) is 11.6. The molecule has 0 aliphatic heterocycles. The first-order chi connectivity index (χ1) is 14.9. The molecule has 0 aliphatic rings. The molecule has 160 valence electrons. The number of amides is 1. The van der Waals surface area contributed by atoms with Gasteiger partial charge in [-0.2, -0.15) is 0 Å². The molecule has 2 aromatic heterocycles. The minimum Gasteiger partial charge on any atom is -0.497 e. The van der Waals surface area contributed by atoms with Gasteiger partial charge in [0.15, 0.2) is 0 Å². The Labute approximate surface area is 181 Å². The second-order valence-electron chi connectivity index (χ2n) is 6.97. The van der Waals surface area contributed by atoms with Gasteiger partial charge in [0.05, 0.1) is 18.0 Å². The highest BCUT2D eigenvalue weighted by atomic mass is 35.5. The molecule has 2 heterocycles. The summed E-state index contributed by atoms with van der Waals surface area (Å²) in [7, 11) is 1.55. The Hall–Kier alpha value is -3.59. The molecule has 0 unspecified atom stereocenters. The van der Waals surface area contributed by atoms with Crippen molar-refractivity contribution in [2.45, 2.75) is 26.4 Å². The van der Waals surface area contributed by atoms with Gasteiger partial charge in [-0.3, -0.25) is 14.2 Å². The first-order valence-corrected chi connectivity index (χ1v) is 10.1. The van der Waals surface area contributed by atoms with E-state index in [0.29, 0.717) is 40.3 Å². The van der Waals surface area contributed by atoms with Crippen LogP contribution >= 0.6 is 11.6 Å². The zero-order chi connectivity index (χ0) is 22.1. The van der Waals surface area contributed by atoms with Crippen molar-refractivity contribution in [1.29, 1.82) is 0 Å². The third-order valence-corrected chi connectivity index (χ3v) is 5.09. The first-order valence-electron chi connectivity index (χ1n) is 9.68. The van der Waals surface area contributed by atoms with Crippen molar-refractivity contribution in [3.05, 3.63) is 68.3 Å². The van der Waals surface area contributed by atoms with Gasteiger partial charge in [0.2, 0.25) is 11.7 Å². The lowest BCUT2D eigenvalue weighted by Gasteiger charge is -2.08. The number of anilines is 1. The van der Waals surface area contributed by atoms with Crippen molar-refractivity contribution in [1.82, 2.24) is 18.7 Å². The number of halogens is 1. The third kappa shape index (κ3) is 3.79. The monoisotopic (exact) mass is 441 g/mol. The summed E-state index contributed by atoms with van der Waals surface area (Å²) in [6.07, 6.45) is 0.674. The second-order valence-corrected chi connectivity index (χ2v) is 7.41. The van der Waals surface area contributed by atoms with Crippen LogP contribution < -0.4 is 21.3 Å². The van der Waals surface area contributed by atoms with Gasteiger partial charge in [-0.25, -0.2) is 13.9 Å². The van der Waals surface area contributed by atoms with Gasteiger partial charge >= 0.3 is 5.69 Å². The molecule has 2 aromatic carbocycles. The van der Waals surface area contributed by atoms with Crippen LogP contribution in [0.3, 0.4) is 0 Å². The van der Waals surface area contributed by atoms with E-state index in [-0.39, 0.29) is 17.9 Å².